The highest BCUT2D eigenvalue weighted by molar-refractivity contribution is 4.90. The minimum atomic E-state index is 0.613. The van der Waals surface area contributed by atoms with Gasteiger partial charge in [-0.1, -0.05) is 20.8 Å². The molecule has 0 aromatic rings. The molecule has 15 heavy (non-hydrogen) atoms. The third-order valence-corrected chi connectivity index (χ3v) is 4.46. The second kappa shape index (κ2) is 5.86. The van der Waals surface area contributed by atoms with Crippen LogP contribution in [0.4, 0.5) is 0 Å². The minimum absolute atomic E-state index is 0.613. The Morgan fingerprint density at radius 1 is 1.27 bits per heavy atom. The molecule has 1 fully saturated rings. The van der Waals surface area contributed by atoms with E-state index in [1.807, 2.05) is 0 Å². The molecule has 90 valence electrons. The Morgan fingerprint density at radius 3 is 2.33 bits per heavy atom. The van der Waals surface area contributed by atoms with Gasteiger partial charge in [0.2, 0.25) is 0 Å². The highest BCUT2D eigenvalue weighted by atomic mass is 15.2. The van der Waals surface area contributed by atoms with Crippen LogP contribution in [-0.2, 0) is 0 Å². The summed E-state index contributed by atoms with van der Waals surface area (Å²) in [5.41, 5.74) is 6.29. The van der Waals surface area contributed by atoms with Crippen LogP contribution in [0.15, 0.2) is 0 Å². The molecule has 0 aliphatic carbocycles. The summed E-state index contributed by atoms with van der Waals surface area (Å²) in [6, 6.07) is 0.731. The van der Waals surface area contributed by atoms with E-state index in [1.54, 1.807) is 0 Å². The topological polar surface area (TPSA) is 29.3 Å². The third-order valence-electron chi connectivity index (χ3n) is 4.46. The van der Waals surface area contributed by atoms with Gasteiger partial charge in [-0.25, -0.2) is 0 Å². The molecule has 0 bridgehead atoms. The van der Waals surface area contributed by atoms with Crippen LogP contribution in [-0.4, -0.2) is 30.6 Å². The molecule has 0 aromatic heterocycles. The lowest BCUT2D eigenvalue weighted by molar-refractivity contribution is 0.183. The standard InChI is InChI=1S/C13H28N2/c1-4-12(7-9-14)15-10-8-13(5-2,6-3)11-15/h12H,4-11,14H2,1-3H3. The molecule has 2 nitrogen and oxygen atoms in total. The summed E-state index contributed by atoms with van der Waals surface area (Å²) >= 11 is 0. The molecule has 1 heterocycles. The quantitative estimate of drug-likeness (QED) is 0.733. The largest absolute Gasteiger partial charge is 0.330 e. The summed E-state index contributed by atoms with van der Waals surface area (Å²) in [6.07, 6.45) is 6.47. The average Bonchev–Trinajstić information content (AvgIpc) is 2.71. The molecule has 0 aromatic carbocycles. The number of hydrogen-bond acceptors (Lipinski definition) is 2. The molecule has 2 heteroatoms. The van der Waals surface area contributed by atoms with E-state index in [1.165, 1.54) is 45.2 Å². The van der Waals surface area contributed by atoms with Crippen LogP contribution in [0.1, 0.15) is 52.9 Å². The Hall–Kier alpha value is -0.0800. The van der Waals surface area contributed by atoms with Crippen LogP contribution in [0.25, 0.3) is 0 Å². The predicted octanol–water partition coefficient (Wildman–Crippen LogP) is 2.63. The van der Waals surface area contributed by atoms with Gasteiger partial charge in [0, 0.05) is 12.6 Å². The van der Waals surface area contributed by atoms with Gasteiger partial charge in [0.1, 0.15) is 0 Å². The van der Waals surface area contributed by atoms with E-state index < -0.39 is 0 Å². The fourth-order valence-corrected chi connectivity index (χ4v) is 2.95. The molecule has 1 unspecified atom stereocenters. The normalized spacial score (nSPS) is 23.2. The van der Waals surface area contributed by atoms with Gasteiger partial charge >= 0.3 is 0 Å². The van der Waals surface area contributed by atoms with E-state index >= 15 is 0 Å². The number of rotatable bonds is 6. The van der Waals surface area contributed by atoms with E-state index in [9.17, 15) is 0 Å². The Labute approximate surface area is 95.2 Å². The molecule has 1 aliphatic rings. The maximum absolute atomic E-state index is 5.68. The van der Waals surface area contributed by atoms with Crippen molar-refractivity contribution in [2.75, 3.05) is 19.6 Å². The first kappa shape index (κ1) is 13.0. The number of nitrogens with zero attached hydrogens (tertiary/aromatic N) is 1. The van der Waals surface area contributed by atoms with Gasteiger partial charge in [0.15, 0.2) is 0 Å². The first-order chi connectivity index (χ1) is 7.21. The van der Waals surface area contributed by atoms with E-state index in [0.717, 1.165) is 12.6 Å². The zero-order valence-electron chi connectivity index (χ0n) is 10.8. The molecule has 0 saturated carbocycles. The molecule has 0 radical (unpaired) electrons. The van der Waals surface area contributed by atoms with Crippen molar-refractivity contribution in [2.45, 2.75) is 58.9 Å². The van der Waals surface area contributed by atoms with Crippen molar-refractivity contribution < 1.29 is 0 Å². The van der Waals surface area contributed by atoms with Crippen LogP contribution in [0.2, 0.25) is 0 Å². The first-order valence-electron chi connectivity index (χ1n) is 6.65. The van der Waals surface area contributed by atoms with Gasteiger partial charge in [-0.05, 0) is 50.6 Å². The number of likely N-dealkylation sites (tertiary alicyclic amines) is 1. The first-order valence-corrected chi connectivity index (χ1v) is 6.65. The van der Waals surface area contributed by atoms with Gasteiger partial charge in [0.05, 0.1) is 0 Å². The van der Waals surface area contributed by atoms with E-state index in [4.69, 9.17) is 5.73 Å². The molecule has 1 rings (SSSR count). The SMILES string of the molecule is CCC(CCN)N1CCC(CC)(CC)C1. The summed E-state index contributed by atoms with van der Waals surface area (Å²) < 4.78 is 0. The highest BCUT2D eigenvalue weighted by Crippen LogP contribution is 2.38. The summed E-state index contributed by atoms with van der Waals surface area (Å²) in [6.45, 7) is 10.4. The third kappa shape index (κ3) is 2.94. The maximum atomic E-state index is 5.68. The van der Waals surface area contributed by atoms with Crippen LogP contribution in [0.3, 0.4) is 0 Å². The predicted molar refractivity (Wildman–Crippen MR) is 67.0 cm³/mol. The van der Waals surface area contributed by atoms with Crippen molar-refractivity contribution in [3.63, 3.8) is 0 Å². The Bertz CT molecular complexity index is 175. The van der Waals surface area contributed by atoms with Crippen molar-refractivity contribution >= 4 is 0 Å². The van der Waals surface area contributed by atoms with E-state index in [-0.39, 0.29) is 0 Å². The summed E-state index contributed by atoms with van der Waals surface area (Å²) in [7, 11) is 0. The molecule has 1 aliphatic heterocycles. The fourth-order valence-electron chi connectivity index (χ4n) is 2.95. The van der Waals surface area contributed by atoms with Crippen LogP contribution in [0, 0.1) is 5.41 Å². The van der Waals surface area contributed by atoms with Crippen molar-refractivity contribution in [1.29, 1.82) is 0 Å². The summed E-state index contributed by atoms with van der Waals surface area (Å²) in [4.78, 5) is 2.68. The zero-order valence-corrected chi connectivity index (χ0v) is 10.8. The molecule has 1 saturated heterocycles. The molecule has 0 amide bonds. The molecule has 1 atom stereocenters. The van der Waals surface area contributed by atoms with Crippen LogP contribution >= 0.6 is 0 Å². The number of nitrogens with two attached hydrogens (primary N) is 1. The lowest BCUT2D eigenvalue weighted by Crippen LogP contribution is -2.36. The monoisotopic (exact) mass is 212 g/mol. The van der Waals surface area contributed by atoms with Gasteiger partial charge in [-0.2, -0.15) is 0 Å². The van der Waals surface area contributed by atoms with E-state index in [2.05, 4.69) is 25.7 Å². The lowest BCUT2D eigenvalue weighted by atomic mass is 9.82. The number of hydrogen-bond donors (Lipinski definition) is 1. The van der Waals surface area contributed by atoms with Crippen LogP contribution < -0.4 is 5.73 Å². The Kier molecular flexibility index (Phi) is 5.07. The summed E-state index contributed by atoms with van der Waals surface area (Å²) in [5.74, 6) is 0. The highest BCUT2D eigenvalue weighted by Gasteiger charge is 2.36. The lowest BCUT2D eigenvalue weighted by Gasteiger charge is -2.30. The van der Waals surface area contributed by atoms with Gasteiger partial charge in [-0.3, -0.25) is 4.90 Å². The Balaban J connectivity index is 2.53. The Morgan fingerprint density at radius 2 is 1.93 bits per heavy atom. The van der Waals surface area contributed by atoms with Crippen molar-refractivity contribution in [3.05, 3.63) is 0 Å². The molecule has 2 N–H and O–H groups in total. The second-order valence-electron chi connectivity index (χ2n) is 5.07. The zero-order chi connectivity index (χ0) is 11.3. The van der Waals surface area contributed by atoms with Crippen LogP contribution in [0.5, 0.6) is 0 Å². The molecular weight excluding hydrogens is 184 g/mol. The smallest absolute Gasteiger partial charge is 0.0105 e. The minimum Gasteiger partial charge on any atom is -0.330 e. The summed E-state index contributed by atoms with van der Waals surface area (Å²) in [5, 5.41) is 0. The van der Waals surface area contributed by atoms with Crippen molar-refractivity contribution in [3.8, 4) is 0 Å². The fraction of sp³-hybridized carbons (Fsp3) is 1.00. The van der Waals surface area contributed by atoms with E-state index in [0.29, 0.717) is 5.41 Å². The van der Waals surface area contributed by atoms with Crippen molar-refractivity contribution in [1.82, 2.24) is 4.90 Å². The average molecular weight is 212 g/mol. The second-order valence-corrected chi connectivity index (χ2v) is 5.07. The molecule has 0 spiro atoms. The van der Waals surface area contributed by atoms with Gasteiger partial charge < -0.3 is 5.73 Å². The molecular formula is C13H28N2. The van der Waals surface area contributed by atoms with Gasteiger partial charge in [-0.15, -0.1) is 0 Å². The van der Waals surface area contributed by atoms with Gasteiger partial charge in [0.25, 0.3) is 0 Å². The van der Waals surface area contributed by atoms with Crippen molar-refractivity contribution in [2.24, 2.45) is 11.1 Å². The maximum Gasteiger partial charge on any atom is 0.0105 e.